The number of H-pyrrole nitrogens is 1. The molecule has 0 aliphatic carbocycles. The lowest BCUT2D eigenvalue weighted by atomic mass is 9.92. The zero-order valence-corrected chi connectivity index (χ0v) is 24.5. The van der Waals surface area contributed by atoms with E-state index in [1.54, 1.807) is 0 Å². The van der Waals surface area contributed by atoms with Crippen LogP contribution in [0.15, 0.2) is 84.3 Å². The van der Waals surface area contributed by atoms with E-state index in [1.807, 2.05) is 50.2 Å². The predicted molar refractivity (Wildman–Crippen MR) is 169 cm³/mol. The van der Waals surface area contributed by atoms with Crippen LogP contribution in [-0.4, -0.2) is 42.0 Å². The van der Waals surface area contributed by atoms with E-state index in [0.717, 1.165) is 48.2 Å². The third-order valence-electron chi connectivity index (χ3n) is 7.00. The molecule has 7 nitrogen and oxygen atoms in total. The van der Waals surface area contributed by atoms with Gasteiger partial charge in [0.05, 0.1) is 18.9 Å². The molecule has 1 atom stereocenters. The third-order valence-corrected chi connectivity index (χ3v) is 7.00. The number of fused-ring (bicyclic) bond motifs is 3. The first kappa shape index (κ1) is 29.5. The van der Waals surface area contributed by atoms with Crippen molar-refractivity contribution in [2.24, 2.45) is 5.10 Å². The minimum Gasteiger partial charge on any atom is -0.494 e. The average molecular weight is 552 g/mol. The van der Waals surface area contributed by atoms with Crippen LogP contribution in [0.4, 0.5) is 0 Å². The quantitative estimate of drug-likeness (QED) is 0.0790. The lowest BCUT2D eigenvalue weighted by molar-refractivity contribution is 0.174. The second-order valence-corrected chi connectivity index (χ2v) is 9.85. The van der Waals surface area contributed by atoms with Crippen molar-refractivity contribution in [1.29, 1.82) is 5.41 Å². The van der Waals surface area contributed by atoms with Crippen LogP contribution in [-0.2, 0) is 6.42 Å². The highest BCUT2D eigenvalue weighted by Crippen LogP contribution is 2.41. The second kappa shape index (κ2) is 14.2. The summed E-state index contributed by atoms with van der Waals surface area (Å²) in [6, 6.07) is 22.9. The highest BCUT2D eigenvalue weighted by molar-refractivity contribution is 6.14. The van der Waals surface area contributed by atoms with Crippen molar-refractivity contribution in [2.45, 2.75) is 46.6 Å². The fraction of sp³-hybridized carbons (Fsp3) is 0.294. The van der Waals surface area contributed by atoms with Crippen molar-refractivity contribution >= 4 is 23.3 Å². The summed E-state index contributed by atoms with van der Waals surface area (Å²) in [5, 5.41) is 12.1. The summed E-state index contributed by atoms with van der Waals surface area (Å²) in [7, 11) is 0. The molecule has 0 spiro atoms. The van der Waals surface area contributed by atoms with Crippen molar-refractivity contribution < 1.29 is 9.47 Å². The number of nitrogens with zero attached hydrogens (tertiary/aromatic N) is 2. The SMILES string of the molecule is C=C(Oc1ccc(C)cc1)N1CCc2c([nH]c3ccc(C)cc23)C1c1ccc(OCCCN/N=C/C=N)cc1.CC. The number of ether oxygens (including phenoxy) is 2. The lowest BCUT2D eigenvalue weighted by Gasteiger charge is -2.38. The van der Waals surface area contributed by atoms with E-state index < -0.39 is 0 Å². The topological polar surface area (TPSA) is 85.7 Å². The number of benzene rings is 3. The lowest BCUT2D eigenvalue weighted by Crippen LogP contribution is -2.36. The Morgan fingerprint density at radius 1 is 1.05 bits per heavy atom. The zero-order valence-electron chi connectivity index (χ0n) is 24.5. The van der Waals surface area contributed by atoms with Gasteiger partial charge in [-0.15, -0.1) is 0 Å². The highest BCUT2D eigenvalue weighted by atomic mass is 16.5. The smallest absolute Gasteiger partial charge is 0.189 e. The average Bonchev–Trinajstić information content (AvgIpc) is 3.36. The van der Waals surface area contributed by atoms with E-state index in [0.29, 0.717) is 19.0 Å². The fourth-order valence-corrected chi connectivity index (χ4v) is 5.06. The Morgan fingerprint density at radius 2 is 1.76 bits per heavy atom. The summed E-state index contributed by atoms with van der Waals surface area (Å²) in [6.45, 7) is 14.6. The van der Waals surface area contributed by atoms with Crippen molar-refractivity contribution in [3.05, 3.63) is 107 Å². The maximum absolute atomic E-state index is 6.94. The predicted octanol–water partition coefficient (Wildman–Crippen LogP) is 7.30. The Bertz CT molecular complexity index is 1470. The van der Waals surface area contributed by atoms with E-state index >= 15 is 0 Å². The monoisotopic (exact) mass is 551 g/mol. The molecular formula is C34H41N5O2. The van der Waals surface area contributed by atoms with Gasteiger partial charge in [-0.25, -0.2) is 0 Å². The number of aromatic amines is 1. The number of hydrazone groups is 1. The molecule has 1 unspecified atom stereocenters. The molecule has 0 amide bonds. The fourth-order valence-electron chi connectivity index (χ4n) is 5.06. The van der Waals surface area contributed by atoms with Crippen molar-refractivity contribution in [1.82, 2.24) is 15.3 Å². The number of nitrogens with one attached hydrogen (secondary N) is 3. The maximum atomic E-state index is 6.94. The standard InChI is InChI=1S/C32H35N5O2.C2H6/c1-22-5-10-27(11-6-22)39-24(3)37-19-15-28-29-21-23(2)7-14-30(29)36-31(28)32(37)25-8-12-26(13-9-25)38-20-4-17-34-35-18-16-33;1-2/h5-14,16,18,21,32-34,36H,3-4,15,17,19-20H2,1-2H3;1-2H3/b33-16?,35-18+;. The first-order chi connectivity index (χ1) is 20.0. The van der Waals surface area contributed by atoms with Gasteiger partial charge in [-0.3, -0.25) is 0 Å². The first-order valence-corrected chi connectivity index (χ1v) is 14.3. The molecule has 0 fully saturated rings. The van der Waals surface area contributed by atoms with Crippen LogP contribution in [0.25, 0.3) is 10.9 Å². The van der Waals surface area contributed by atoms with E-state index in [9.17, 15) is 0 Å². The summed E-state index contributed by atoms with van der Waals surface area (Å²) in [4.78, 5) is 5.97. The van der Waals surface area contributed by atoms with E-state index in [1.165, 1.54) is 34.0 Å². The first-order valence-electron chi connectivity index (χ1n) is 14.3. The molecule has 3 N–H and O–H groups in total. The van der Waals surface area contributed by atoms with Gasteiger partial charge >= 0.3 is 0 Å². The molecule has 1 aliphatic heterocycles. The number of rotatable bonds is 11. The third kappa shape index (κ3) is 7.17. The molecule has 0 radical (unpaired) electrons. The molecule has 0 saturated heterocycles. The van der Waals surface area contributed by atoms with Gasteiger partial charge in [-0.05, 0) is 74.4 Å². The molecule has 7 heteroatoms. The molecule has 0 saturated carbocycles. The molecule has 0 bridgehead atoms. The van der Waals surface area contributed by atoms with Gasteiger partial charge in [-0.2, -0.15) is 5.10 Å². The summed E-state index contributed by atoms with van der Waals surface area (Å²) in [5.41, 5.74) is 10.2. The highest BCUT2D eigenvalue weighted by Gasteiger charge is 2.33. The largest absolute Gasteiger partial charge is 0.494 e. The molecular weight excluding hydrogens is 510 g/mol. The maximum Gasteiger partial charge on any atom is 0.189 e. The Hall–Kier alpha value is -4.52. The van der Waals surface area contributed by atoms with Gasteiger partial charge in [0.15, 0.2) is 5.88 Å². The zero-order chi connectivity index (χ0) is 29.2. The summed E-state index contributed by atoms with van der Waals surface area (Å²) < 4.78 is 12.2. The van der Waals surface area contributed by atoms with Crippen LogP contribution in [0, 0.1) is 19.3 Å². The Morgan fingerprint density at radius 3 is 2.49 bits per heavy atom. The number of aryl methyl sites for hydroxylation is 2. The van der Waals surface area contributed by atoms with Gasteiger partial charge < -0.3 is 30.2 Å². The summed E-state index contributed by atoms with van der Waals surface area (Å²) >= 11 is 0. The van der Waals surface area contributed by atoms with E-state index in [4.69, 9.17) is 14.9 Å². The van der Waals surface area contributed by atoms with Gasteiger partial charge in [-0.1, -0.05) is 55.3 Å². The Labute approximate surface area is 243 Å². The molecule has 1 aromatic heterocycles. The van der Waals surface area contributed by atoms with Crippen LogP contribution < -0.4 is 14.9 Å². The minimum atomic E-state index is -0.0654. The summed E-state index contributed by atoms with van der Waals surface area (Å²) in [6.07, 6.45) is 4.27. The van der Waals surface area contributed by atoms with Crippen LogP contribution in [0.1, 0.15) is 54.3 Å². The van der Waals surface area contributed by atoms with Crippen molar-refractivity contribution in [3.63, 3.8) is 0 Å². The number of aromatic nitrogens is 1. The van der Waals surface area contributed by atoms with Crippen molar-refractivity contribution in [2.75, 3.05) is 19.7 Å². The van der Waals surface area contributed by atoms with Gasteiger partial charge in [0.1, 0.15) is 11.5 Å². The van der Waals surface area contributed by atoms with Crippen LogP contribution in [0.2, 0.25) is 0 Å². The van der Waals surface area contributed by atoms with Crippen LogP contribution in [0.5, 0.6) is 11.5 Å². The van der Waals surface area contributed by atoms with Gasteiger partial charge in [0, 0.05) is 42.3 Å². The van der Waals surface area contributed by atoms with Gasteiger partial charge in [0.2, 0.25) is 0 Å². The van der Waals surface area contributed by atoms with E-state index in [-0.39, 0.29) is 6.04 Å². The Balaban J connectivity index is 0.00000189. The molecule has 3 aromatic carbocycles. The summed E-state index contributed by atoms with van der Waals surface area (Å²) in [5.74, 6) is 2.23. The minimum absolute atomic E-state index is 0.0654. The molecule has 2 heterocycles. The Kier molecular flexibility index (Phi) is 10.2. The normalized spacial score (nSPS) is 14.2. The molecule has 4 aromatic rings. The number of hydrogen-bond donors (Lipinski definition) is 3. The van der Waals surface area contributed by atoms with Gasteiger partial charge in [0.25, 0.3) is 0 Å². The molecule has 214 valence electrons. The molecule has 41 heavy (non-hydrogen) atoms. The van der Waals surface area contributed by atoms with Crippen LogP contribution >= 0.6 is 0 Å². The molecule has 5 rings (SSSR count). The molecule has 1 aliphatic rings. The van der Waals surface area contributed by atoms with Crippen molar-refractivity contribution in [3.8, 4) is 11.5 Å². The van der Waals surface area contributed by atoms with Crippen LogP contribution in [0.3, 0.4) is 0 Å². The number of hydrogen-bond acceptors (Lipinski definition) is 6. The van der Waals surface area contributed by atoms with E-state index in [2.05, 4.69) is 71.2 Å². The second-order valence-electron chi connectivity index (χ2n) is 9.85.